The number of rotatable bonds is 3. The van der Waals surface area contributed by atoms with E-state index in [2.05, 4.69) is 15.5 Å². The molecule has 0 spiro atoms. The third-order valence-electron chi connectivity index (χ3n) is 4.23. The van der Waals surface area contributed by atoms with Crippen LogP contribution in [0.3, 0.4) is 0 Å². The predicted octanol–water partition coefficient (Wildman–Crippen LogP) is 0.741. The van der Waals surface area contributed by atoms with Crippen LogP contribution < -0.4 is 5.32 Å². The first-order valence-corrected chi connectivity index (χ1v) is 7.47. The molecule has 7 nitrogen and oxygen atoms in total. The number of imidazole rings is 1. The van der Waals surface area contributed by atoms with E-state index in [0.29, 0.717) is 13.0 Å². The molecule has 1 atom stereocenters. The average Bonchev–Trinajstić information content (AvgIpc) is 3.07. The topological polar surface area (TPSA) is 76.2 Å². The van der Waals surface area contributed by atoms with Gasteiger partial charge in [-0.3, -0.25) is 4.79 Å². The van der Waals surface area contributed by atoms with Gasteiger partial charge in [0.05, 0.1) is 12.1 Å². The van der Waals surface area contributed by atoms with Gasteiger partial charge in [0, 0.05) is 44.6 Å². The van der Waals surface area contributed by atoms with Crippen LogP contribution in [0.4, 0.5) is 0 Å². The Bertz CT molecular complexity index is 656. The highest BCUT2D eigenvalue weighted by atomic mass is 16.5. The summed E-state index contributed by atoms with van der Waals surface area (Å²) in [6, 6.07) is -0.0401. The molecule has 118 valence electrons. The summed E-state index contributed by atoms with van der Waals surface area (Å²) in [5.41, 5.74) is 1.68. The molecular formula is C15H21N5O2. The summed E-state index contributed by atoms with van der Waals surface area (Å²) >= 11 is 0. The van der Waals surface area contributed by atoms with Crippen LogP contribution in [0.2, 0.25) is 0 Å². The van der Waals surface area contributed by atoms with Crippen LogP contribution in [0.5, 0.6) is 0 Å². The summed E-state index contributed by atoms with van der Waals surface area (Å²) in [4.78, 5) is 19.1. The van der Waals surface area contributed by atoms with Gasteiger partial charge in [-0.2, -0.15) is 0 Å². The third kappa shape index (κ3) is 2.64. The second-order valence-electron chi connectivity index (χ2n) is 5.68. The first-order valence-electron chi connectivity index (χ1n) is 7.47. The maximum Gasteiger partial charge on any atom is 0.227 e. The number of piperazine rings is 1. The van der Waals surface area contributed by atoms with Gasteiger partial charge in [-0.1, -0.05) is 5.16 Å². The smallest absolute Gasteiger partial charge is 0.227 e. The fourth-order valence-corrected chi connectivity index (χ4v) is 2.94. The molecule has 1 fully saturated rings. The predicted molar refractivity (Wildman–Crippen MR) is 80.2 cm³/mol. The lowest BCUT2D eigenvalue weighted by Gasteiger charge is -2.35. The van der Waals surface area contributed by atoms with Gasteiger partial charge in [0.2, 0.25) is 5.91 Å². The van der Waals surface area contributed by atoms with Crippen molar-refractivity contribution in [2.24, 2.45) is 7.05 Å². The lowest BCUT2D eigenvalue weighted by Crippen LogP contribution is -2.50. The summed E-state index contributed by atoms with van der Waals surface area (Å²) in [6.45, 7) is 5.91. The number of hydrogen-bond acceptors (Lipinski definition) is 5. The van der Waals surface area contributed by atoms with Crippen molar-refractivity contribution < 1.29 is 9.32 Å². The number of nitrogens with zero attached hydrogens (tertiary/aromatic N) is 4. The van der Waals surface area contributed by atoms with Crippen LogP contribution in [0, 0.1) is 13.8 Å². The summed E-state index contributed by atoms with van der Waals surface area (Å²) in [5, 5.41) is 7.26. The maximum atomic E-state index is 12.8. The molecule has 1 saturated heterocycles. The SMILES string of the molecule is Cc1noc(C)c1CC(=O)N1CCNCC1c1nccn1C. The van der Waals surface area contributed by atoms with Gasteiger partial charge < -0.3 is 19.3 Å². The van der Waals surface area contributed by atoms with Crippen molar-refractivity contribution >= 4 is 5.91 Å². The van der Waals surface area contributed by atoms with E-state index in [1.807, 2.05) is 36.6 Å². The van der Waals surface area contributed by atoms with E-state index in [1.165, 1.54) is 0 Å². The first-order chi connectivity index (χ1) is 10.6. The van der Waals surface area contributed by atoms with Crippen LogP contribution in [-0.2, 0) is 18.3 Å². The zero-order valence-corrected chi connectivity index (χ0v) is 13.2. The molecule has 7 heteroatoms. The Balaban J connectivity index is 1.82. The minimum Gasteiger partial charge on any atom is -0.361 e. The van der Waals surface area contributed by atoms with Gasteiger partial charge in [-0.05, 0) is 13.8 Å². The van der Waals surface area contributed by atoms with Crippen molar-refractivity contribution in [1.29, 1.82) is 0 Å². The molecule has 0 saturated carbocycles. The molecule has 2 aromatic rings. The van der Waals surface area contributed by atoms with Crippen molar-refractivity contribution in [1.82, 2.24) is 24.9 Å². The monoisotopic (exact) mass is 303 g/mol. The number of carbonyl (C=O) groups is 1. The molecule has 0 radical (unpaired) electrons. The highest BCUT2D eigenvalue weighted by molar-refractivity contribution is 5.79. The molecule has 1 aliphatic rings. The number of aromatic nitrogens is 3. The van der Waals surface area contributed by atoms with E-state index in [9.17, 15) is 4.79 Å². The number of amides is 1. The summed E-state index contributed by atoms with van der Waals surface area (Å²) in [7, 11) is 1.95. The fourth-order valence-electron chi connectivity index (χ4n) is 2.94. The molecule has 0 aromatic carbocycles. The molecule has 0 bridgehead atoms. The highest BCUT2D eigenvalue weighted by Crippen LogP contribution is 2.22. The van der Waals surface area contributed by atoms with Gasteiger partial charge in [-0.25, -0.2) is 4.98 Å². The number of carbonyl (C=O) groups excluding carboxylic acids is 1. The average molecular weight is 303 g/mol. The lowest BCUT2D eigenvalue weighted by molar-refractivity contribution is -0.134. The fraction of sp³-hybridized carbons (Fsp3) is 0.533. The molecule has 1 N–H and O–H groups in total. The van der Waals surface area contributed by atoms with Gasteiger partial charge in [0.1, 0.15) is 17.6 Å². The number of aryl methyl sites for hydroxylation is 3. The number of nitrogens with one attached hydrogen (secondary N) is 1. The highest BCUT2D eigenvalue weighted by Gasteiger charge is 2.31. The van der Waals surface area contributed by atoms with Crippen molar-refractivity contribution in [3.05, 3.63) is 35.2 Å². The molecule has 1 amide bonds. The second-order valence-corrected chi connectivity index (χ2v) is 5.68. The molecule has 1 aliphatic heterocycles. The Hall–Kier alpha value is -2.15. The van der Waals surface area contributed by atoms with Crippen molar-refractivity contribution in [2.75, 3.05) is 19.6 Å². The summed E-state index contributed by atoms with van der Waals surface area (Å²) in [5.74, 6) is 1.71. The van der Waals surface area contributed by atoms with Crippen molar-refractivity contribution in [3.8, 4) is 0 Å². The molecule has 0 aliphatic carbocycles. The molecule has 22 heavy (non-hydrogen) atoms. The van der Waals surface area contributed by atoms with Crippen molar-refractivity contribution in [3.63, 3.8) is 0 Å². The Labute approximate surface area is 129 Å². The minimum absolute atomic E-state index is 0.0401. The molecule has 3 heterocycles. The zero-order chi connectivity index (χ0) is 15.7. The van der Waals surface area contributed by atoms with Gasteiger partial charge in [0.25, 0.3) is 0 Å². The lowest BCUT2D eigenvalue weighted by atomic mass is 10.1. The van der Waals surface area contributed by atoms with E-state index in [-0.39, 0.29) is 11.9 Å². The molecule has 2 aromatic heterocycles. The van der Waals surface area contributed by atoms with E-state index in [1.54, 1.807) is 6.20 Å². The normalized spacial score (nSPS) is 18.7. The van der Waals surface area contributed by atoms with Crippen LogP contribution in [0.15, 0.2) is 16.9 Å². The van der Waals surface area contributed by atoms with Gasteiger partial charge in [0.15, 0.2) is 0 Å². The maximum absolute atomic E-state index is 12.8. The van der Waals surface area contributed by atoms with Crippen molar-refractivity contribution in [2.45, 2.75) is 26.3 Å². The largest absolute Gasteiger partial charge is 0.361 e. The molecule has 1 unspecified atom stereocenters. The third-order valence-corrected chi connectivity index (χ3v) is 4.23. The quantitative estimate of drug-likeness (QED) is 0.905. The zero-order valence-electron chi connectivity index (χ0n) is 13.2. The van der Waals surface area contributed by atoms with E-state index < -0.39 is 0 Å². The van der Waals surface area contributed by atoms with Gasteiger partial charge in [-0.15, -0.1) is 0 Å². The first kappa shape index (κ1) is 14.8. The van der Waals surface area contributed by atoms with Crippen LogP contribution in [-0.4, -0.2) is 45.1 Å². The van der Waals surface area contributed by atoms with Crippen LogP contribution in [0.1, 0.15) is 28.9 Å². The molecule has 3 rings (SSSR count). The van der Waals surface area contributed by atoms with Gasteiger partial charge >= 0.3 is 0 Å². The van der Waals surface area contributed by atoms with E-state index in [0.717, 1.165) is 35.9 Å². The second kappa shape index (κ2) is 5.92. The standard InChI is InChI=1S/C15H21N5O2/c1-10-12(11(2)22-18-10)8-14(21)20-7-4-16-9-13(20)15-17-5-6-19(15)3/h5-6,13,16H,4,7-9H2,1-3H3. The Morgan fingerprint density at radius 3 is 2.95 bits per heavy atom. The Kier molecular flexibility index (Phi) is 3.98. The van der Waals surface area contributed by atoms with E-state index in [4.69, 9.17) is 4.52 Å². The summed E-state index contributed by atoms with van der Waals surface area (Å²) in [6.07, 6.45) is 3.99. The van der Waals surface area contributed by atoms with Crippen LogP contribution in [0.25, 0.3) is 0 Å². The Morgan fingerprint density at radius 1 is 1.50 bits per heavy atom. The summed E-state index contributed by atoms with van der Waals surface area (Å²) < 4.78 is 7.12. The molecular weight excluding hydrogens is 282 g/mol. The van der Waals surface area contributed by atoms with E-state index >= 15 is 0 Å². The number of hydrogen-bond donors (Lipinski definition) is 1. The minimum atomic E-state index is -0.0401. The van der Waals surface area contributed by atoms with Crippen LogP contribution >= 0.6 is 0 Å². The Morgan fingerprint density at radius 2 is 2.32 bits per heavy atom.